The SMILES string of the molecule is C[C@H]1CC[C@H](I)N1c1cc(C(F)(F)F)ccc1CN1CCCC12CCN([C@@H](O)n1ccc(C(=O)O)n1)CC2. The summed E-state index contributed by atoms with van der Waals surface area (Å²) in [6.45, 7) is 4.77. The summed E-state index contributed by atoms with van der Waals surface area (Å²) >= 11 is 2.34. The van der Waals surface area contributed by atoms with Crippen LogP contribution in [-0.2, 0) is 12.7 Å². The molecule has 3 aliphatic heterocycles. The van der Waals surface area contributed by atoms with E-state index in [0.29, 0.717) is 25.3 Å². The Kier molecular flexibility index (Phi) is 7.70. The molecule has 0 radical (unpaired) electrons. The van der Waals surface area contributed by atoms with Gasteiger partial charge in [0.2, 0.25) is 6.35 Å². The third kappa shape index (κ3) is 5.28. The summed E-state index contributed by atoms with van der Waals surface area (Å²) in [5.41, 5.74) is 0.810. The van der Waals surface area contributed by atoms with Gasteiger partial charge in [0.25, 0.3) is 0 Å². The monoisotopic (exact) mass is 647 g/mol. The summed E-state index contributed by atoms with van der Waals surface area (Å²) in [5.74, 6) is -1.14. The number of carboxylic acids is 1. The second-order valence-electron chi connectivity index (χ2n) is 10.7. The van der Waals surface area contributed by atoms with Crippen molar-refractivity contribution in [2.45, 2.75) is 80.2 Å². The Labute approximate surface area is 233 Å². The summed E-state index contributed by atoms with van der Waals surface area (Å²) in [6, 6.07) is 5.74. The molecule has 1 aromatic heterocycles. The van der Waals surface area contributed by atoms with Crippen molar-refractivity contribution < 1.29 is 28.2 Å². The first-order valence-corrected chi connectivity index (χ1v) is 14.3. The number of carbonyl (C=O) groups is 1. The molecule has 3 aliphatic rings. The van der Waals surface area contributed by atoms with Crippen molar-refractivity contribution in [2.75, 3.05) is 24.5 Å². The molecule has 0 saturated carbocycles. The predicted molar refractivity (Wildman–Crippen MR) is 144 cm³/mol. The molecule has 8 nitrogen and oxygen atoms in total. The number of aliphatic hydroxyl groups is 1. The average molecular weight is 647 g/mol. The number of rotatable bonds is 6. The molecule has 0 bridgehead atoms. The molecule has 12 heteroatoms. The lowest BCUT2D eigenvalue weighted by Gasteiger charge is -2.46. The standard InChI is InChI=1S/C26H33F3IN5O3/c1-17-3-6-22(30)35(17)21-15-19(26(27,28)29)5-4-18(21)16-33-11-2-8-25(33)9-13-32(14-10-25)24(38)34-12-7-20(31-34)23(36)37/h4-5,7,12,15,17,22,24,38H,2-3,6,8-11,13-14,16H2,1H3,(H,36,37)/t17-,22+,24+/m0/s1. The number of aliphatic hydroxyl groups excluding tert-OH is 1. The highest BCUT2D eigenvalue weighted by Crippen LogP contribution is 2.44. The number of benzene rings is 1. The van der Waals surface area contributed by atoms with E-state index in [1.54, 1.807) is 6.07 Å². The second kappa shape index (κ2) is 10.6. The highest BCUT2D eigenvalue weighted by molar-refractivity contribution is 14.1. The zero-order chi connectivity index (χ0) is 27.2. The highest BCUT2D eigenvalue weighted by atomic mass is 127. The molecule has 0 aliphatic carbocycles. The van der Waals surface area contributed by atoms with Gasteiger partial charge in [0.15, 0.2) is 5.69 Å². The number of nitrogens with zero attached hydrogens (tertiary/aromatic N) is 5. The lowest BCUT2D eigenvalue weighted by Crippen LogP contribution is -2.53. The molecule has 2 N–H and O–H groups in total. The van der Waals surface area contributed by atoms with Crippen LogP contribution in [0.1, 0.15) is 73.4 Å². The lowest BCUT2D eigenvalue weighted by molar-refractivity contribution is -0.137. The molecule has 3 fully saturated rings. The van der Waals surface area contributed by atoms with E-state index in [-0.39, 0.29) is 21.3 Å². The van der Waals surface area contributed by atoms with Crippen molar-refractivity contribution in [1.29, 1.82) is 0 Å². The van der Waals surface area contributed by atoms with Gasteiger partial charge in [0.05, 0.1) is 9.61 Å². The largest absolute Gasteiger partial charge is 0.476 e. The van der Waals surface area contributed by atoms with Crippen LogP contribution in [0.5, 0.6) is 0 Å². The van der Waals surface area contributed by atoms with Crippen molar-refractivity contribution in [3.63, 3.8) is 0 Å². The van der Waals surface area contributed by atoms with E-state index in [4.69, 9.17) is 5.11 Å². The number of carboxylic acid groups (broad SMARTS) is 1. The van der Waals surface area contributed by atoms with E-state index in [1.807, 2.05) is 4.90 Å². The number of hydrogen-bond acceptors (Lipinski definition) is 6. The third-order valence-corrected chi connectivity index (χ3v) is 9.73. The van der Waals surface area contributed by atoms with Gasteiger partial charge in [-0.15, -0.1) is 0 Å². The fraction of sp³-hybridized carbons (Fsp3) is 0.615. The molecule has 1 spiro atoms. The van der Waals surface area contributed by atoms with Crippen molar-refractivity contribution in [1.82, 2.24) is 19.6 Å². The zero-order valence-electron chi connectivity index (χ0n) is 21.2. The molecule has 3 saturated heterocycles. The predicted octanol–water partition coefficient (Wildman–Crippen LogP) is 4.93. The fourth-order valence-electron chi connectivity index (χ4n) is 6.37. The van der Waals surface area contributed by atoms with Gasteiger partial charge in [-0.1, -0.05) is 28.7 Å². The molecule has 5 rings (SSSR count). The number of hydrogen-bond donors (Lipinski definition) is 2. The van der Waals surface area contributed by atoms with Gasteiger partial charge in [0.1, 0.15) is 0 Å². The van der Waals surface area contributed by atoms with Crippen molar-refractivity contribution in [2.24, 2.45) is 0 Å². The van der Waals surface area contributed by atoms with Crippen molar-refractivity contribution >= 4 is 34.2 Å². The van der Waals surface area contributed by atoms with E-state index < -0.39 is 24.1 Å². The molecule has 3 atom stereocenters. The molecule has 4 heterocycles. The van der Waals surface area contributed by atoms with Crippen LogP contribution < -0.4 is 4.90 Å². The Morgan fingerprint density at radius 2 is 1.92 bits per heavy atom. The third-order valence-electron chi connectivity index (χ3n) is 8.51. The molecule has 0 unspecified atom stereocenters. The average Bonchev–Trinajstić information content (AvgIpc) is 3.59. The maximum absolute atomic E-state index is 13.6. The number of aromatic nitrogens is 2. The first kappa shape index (κ1) is 27.7. The highest BCUT2D eigenvalue weighted by Gasteiger charge is 2.45. The Bertz CT molecular complexity index is 1160. The Morgan fingerprint density at radius 3 is 2.53 bits per heavy atom. The fourth-order valence-corrected chi connectivity index (χ4v) is 7.58. The molecule has 2 aromatic rings. The number of halogens is 4. The maximum Gasteiger partial charge on any atom is 0.416 e. The minimum Gasteiger partial charge on any atom is -0.476 e. The topological polar surface area (TPSA) is 85.1 Å². The van der Waals surface area contributed by atoms with E-state index >= 15 is 0 Å². The van der Waals surface area contributed by atoms with E-state index in [1.165, 1.54) is 29.1 Å². The van der Waals surface area contributed by atoms with Crippen LogP contribution in [0, 0.1) is 0 Å². The Balaban J connectivity index is 1.34. The van der Waals surface area contributed by atoms with Gasteiger partial charge in [0, 0.05) is 43.1 Å². The minimum absolute atomic E-state index is 0.0765. The van der Waals surface area contributed by atoms with Crippen LogP contribution in [0.25, 0.3) is 0 Å². The van der Waals surface area contributed by atoms with E-state index in [9.17, 15) is 23.1 Å². The van der Waals surface area contributed by atoms with Crippen LogP contribution >= 0.6 is 22.6 Å². The molecule has 1 aromatic carbocycles. The number of alkyl halides is 4. The smallest absolute Gasteiger partial charge is 0.416 e. The molecule has 0 amide bonds. The van der Waals surface area contributed by atoms with Crippen molar-refractivity contribution in [3.8, 4) is 0 Å². The Hall–Kier alpha value is -1.90. The quantitative estimate of drug-likeness (QED) is 0.262. The van der Waals surface area contributed by atoms with Gasteiger partial charge in [-0.2, -0.15) is 18.3 Å². The summed E-state index contributed by atoms with van der Waals surface area (Å²) in [5, 5.41) is 23.9. The summed E-state index contributed by atoms with van der Waals surface area (Å²) < 4.78 is 42.4. The second-order valence-corrected chi connectivity index (χ2v) is 12.2. The summed E-state index contributed by atoms with van der Waals surface area (Å²) in [4.78, 5) is 17.6. The van der Waals surface area contributed by atoms with Crippen LogP contribution in [0.4, 0.5) is 18.9 Å². The molecular formula is C26H33F3IN5O3. The lowest BCUT2D eigenvalue weighted by atomic mass is 9.84. The van der Waals surface area contributed by atoms with E-state index in [2.05, 4.69) is 44.4 Å². The maximum atomic E-state index is 13.6. The summed E-state index contributed by atoms with van der Waals surface area (Å²) in [6.07, 6.45) is 1.58. The molecule has 38 heavy (non-hydrogen) atoms. The van der Waals surface area contributed by atoms with Gasteiger partial charge < -0.3 is 15.1 Å². The normalized spacial score (nSPS) is 25.4. The van der Waals surface area contributed by atoms with Gasteiger partial charge in [-0.3, -0.25) is 9.80 Å². The number of piperidine rings is 1. The van der Waals surface area contributed by atoms with Gasteiger partial charge in [-0.25, -0.2) is 9.48 Å². The van der Waals surface area contributed by atoms with Crippen LogP contribution in [-0.4, -0.2) is 71.0 Å². The Morgan fingerprint density at radius 1 is 1.18 bits per heavy atom. The first-order chi connectivity index (χ1) is 18.0. The van der Waals surface area contributed by atoms with Crippen LogP contribution in [0.15, 0.2) is 30.5 Å². The van der Waals surface area contributed by atoms with Gasteiger partial charge >= 0.3 is 12.1 Å². The number of likely N-dealkylation sites (tertiary alicyclic amines) is 2. The number of aromatic carboxylic acids is 1. The molecule has 208 valence electrons. The van der Waals surface area contributed by atoms with Crippen LogP contribution in [0.3, 0.4) is 0 Å². The minimum atomic E-state index is -4.39. The zero-order valence-corrected chi connectivity index (χ0v) is 23.4. The summed E-state index contributed by atoms with van der Waals surface area (Å²) in [7, 11) is 0. The first-order valence-electron chi connectivity index (χ1n) is 13.1. The molecular weight excluding hydrogens is 614 g/mol. The van der Waals surface area contributed by atoms with Crippen molar-refractivity contribution in [3.05, 3.63) is 47.3 Å². The van der Waals surface area contributed by atoms with E-state index in [0.717, 1.165) is 50.6 Å². The van der Waals surface area contributed by atoms with Crippen LogP contribution in [0.2, 0.25) is 0 Å². The number of anilines is 1. The van der Waals surface area contributed by atoms with Gasteiger partial charge in [-0.05, 0) is 75.8 Å².